The molecule has 2 unspecified atom stereocenters. The summed E-state index contributed by atoms with van der Waals surface area (Å²) in [5.74, 6) is 0.442. The van der Waals surface area contributed by atoms with E-state index in [1.54, 1.807) is 24.1 Å². The SMILES string of the molecule is COc1ccccc1C(=O)N1CC(O)C(Cc2cc(C)[nH]n2)C1. The summed E-state index contributed by atoms with van der Waals surface area (Å²) in [6.45, 7) is 2.80. The third-order valence-corrected chi connectivity index (χ3v) is 4.26. The number of hydrogen-bond donors (Lipinski definition) is 2. The van der Waals surface area contributed by atoms with Gasteiger partial charge in [-0.25, -0.2) is 0 Å². The molecule has 3 rings (SSSR count). The van der Waals surface area contributed by atoms with E-state index in [1.165, 1.54) is 0 Å². The van der Waals surface area contributed by atoms with Crippen LogP contribution in [0.15, 0.2) is 30.3 Å². The standard InChI is InChI=1S/C17H21N3O3/c1-11-7-13(19-18-11)8-12-9-20(10-15(12)21)17(22)14-5-3-4-6-16(14)23-2/h3-7,12,15,21H,8-10H2,1-2H3,(H,18,19). The molecule has 2 atom stereocenters. The van der Waals surface area contributed by atoms with Gasteiger partial charge in [-0.15, -0.1) is 0 Å². The van der Waals surface area contributed by atoms with Crippen molar-refractivity contribution in [3.8, 4) is 5.75 Å². The van der Waals surface area contributed by atoms with Crippen LogP contribution in [0.1, 0.15) is 21.7 Å². The van der Waals surface area contributed by atoms with Crippen LogP contribution in [0.3, 0.4) is 0 Å². The minimum atomic E-state index is -0.536. The number of β-amino-alcohol motifs (C(OH)–C–C–N with tert-alkyl or cyclic N) is 1. The zero-order valence-corrected chi connectivity index (χ0v) is 13.3. The topological polar surface area (TPSA) is 78.5 Å². The second-order valence-electron chi connectivity index (χ2n) is 5.98. The summed E-state index contributed by atoms with van der Waals surface area (Å²) < 4.78 is 5.25. The molecule has 1 amide bonds. The number of likely N-dealkylation sites (tertiary alicyclic amines) is 1. The van der Waals surface area contributed by atoms with Crippen LogP contribution in [0, 0.1) is 12.8 Å². The molecule has 1 aliphatic rings. The van der Waals surface area contributed by atoms with Crippen molar-refractivity contribution >= 4 is 5.91 Å². The Morgan fingerprint density at radius 2 is 2.22 bits per heavy atom. The van der Waals surface area contributed by atoms with E-state index >= 15 is 0 Å². The lowest BCUT2D eigenvalue weighted by Gasteiger charge is -2.17. The number of amides is 1. The number of aryl methyl sites for hydroxylation is 1. The number of aliphatic hydroxyl groups excluding tert-OH is 1. The van der Waals surface area contributed by atoms with Gasteiger partial charge >= 0.3 is 0 Å². The summed E-state index contributed by atoms with van der Waals surface area (Å²) in [7, 11) is 1.55. The molecule has 6 nitrogen and oxygen atoms in total. The Balaban J connectivity index is 1.71. The maximum Gasteiger partial charge on any atom is 0.257 e. The lowest BCUT2D eigenvalue weighted by atomic mass is 10.0. The summed E-state index contributed by atoms with van der Waals surface area (Å²) in [5, 5.41) is 17.4. The Hall–Kier alpha value is -2.34. The van der Waals surface area contributed by atoms with E-state index in [9.17, 15) is 9.90 Å². The van der Waals surface area contributed by atoms with Gasteiger partial charge in [0.1, 0.15) is 5.75 Å². The summed E-state index contributed by atoms with van der Waals surface area (Å²) in [6, 6.07) is 9.13. The van der Waals surface area contributed by atoms with Gasteiger partial charge in [0.2, 0.25) is 0 Å². The van der Waals surface area contributed by atoms with Crippen LogP contribution in [-0.2, 0) is 6.42 Å². The van der Waals surface area contributed by atoms with Gasteiger partial charge in [-0.1, -0.05) is 12.1 Å². The Labute approximate surface area is 135 Å². The Morgan fingerprint density at radius 1 is 1.43 bits per heavy atom. The molecular weight excluding hydrogens is 294 g/mol. The zero-order valence-electron chi connectivity index (χ0n) is 13.3. The molecule has 6 heteroatoms. The molecule has 1 aromatic carbocycles. The van der Waals surface area contributed by atoms with E-state index in [1.807, 2.05) is 25.1 Å². The van der Waals surface area contributed by atoms with Gasteiger partial charge in [-0.05, 0) is 31.5 Å². The number of benzene rings is 1. The zero-order chi connectivity index (χ0) is 16.4. The molecule has 1 aromatic heterocycles. The van der Waals surface area contributed by atoms with E-state index in [4.69, 9.17) is 4.74 Å². The monoisotopic (exact) mass is 315 g/mol. The highest BCUT2D eigenvalue weighted by Gasteiger charge is 2.35. The van der Waals surface area contributed by atoms with E-state index in [0.717, 1.165) is 11.4 Å². The second-order valence-corrected chi connectivity index (χ2v) is 5.98. The van der Waals surface area contributed by atoms with E-state index in [2.05, 4.69) is 10.2 Å². The fourth-order valence-corrected chi connectivity index (χ4v) is 3.06. The number of nitrogens with zero attached hydrogens (tertiary/aromatic N) is 2. The molecule has 2 aromatic rings. The van der Waals surface area contributed by atoms with Crippen LogP contribution in [0.2, 0.25) is 0 Å². The number of para-hydroxylation sites is 1. The number of aromatic nitrogens is 2. The minimum absolute atomic E-state index is 0.00337. The van der Waals surface area contributed by atoms with Crippen molar-refractivity contribution in [2.45, 2.75) is 19.4 Å². The molecule has 2 N–H and O–H groups in total. The van der Waals surface area contributed by atoms with Gasteiger partial charge < -0.3 is 14.7 Å². The maximum absolute atomic E-state index is 12.7. The number of aromatic amines is 1. The molecule has 122 valence electrons. The average Bonchev–Trinajstić information content (AvgIpc) is 3.13. The molecular formula is C17H21N3O3. The average molecular weight is 315 g/mol. The van der Waals surface area contributed by atoms with Crippen LogP contribution < -0.4 is 4.74 Å². The van der Waals surface area contributed by atoms with Gasteiger partial charge in [-0.2, -0.15) is 5.10 Å². The van der Waals surface area contributed by atoms with E-state index in [-0.39, 0.29) is 11.8 Å². The first-order chi connectivity index (χ1) is 11.1. The van der Waals surface area contributed by atoms with Gasteiger partial charge in [-0.3, -0.25) is 9.89 Å². The number of carbonyl (C=O) groups is 1. The smallest absolute Gasteiger partial charge is 0.257 e. The lowest BCUT2D eigenvalue weighted by Crippen LogP contribution is -2.29. The first kappa shape index (κ1) is 15.6. The highest BCUT2D eigenvalue weighted by Crippen LogP contribution is 2.25. The predicted molar refractivity (Wildman–Crippen MR) is 85.4 cm³/mol. The van der Waals surface area contributed by atoms with Gasteiger partial charge in [0.15, 0.2) is 0 Å². The maximum atomic E-state index is 12.7. The number of methoxy groups -OCH3 is 1. The number of rotatable bonds is 4. The van der Waals surface area contributed by atoms with Crippen molar-refractivity contribution in [2.24, 2.45) is 5.92 Å². The first-order valence-electron chi connectivity index (χ1n) is 7.69. The van der Waals surface area contributed by atoms with Crippen LogP contribution >= 0.6 is 0 Å². The number of ether oxygens (including phenoxy) is 1. The summed E-state index contributed by atoms with van der Waals surface area (Å²) in [5.41, 5.74) is 2.44. The molecule has 0 spiro atoms. The second kappa shape index (κ2) is 6.42. The Bertz CT molecular complexity index is 698. The number of aliphatic hydroxyl groups is 1. The number of H-pyrrole nitrogens is 1. The summed E-state index contributed by atoms with van der Waals surface area (Å²) in [4.78, 5) is 14.4. The van der Waals surface area contributed by atoms with Crippen LogP contribution in [0.5, 0.6) is 5.75 Å². The van der Waals surface area contributed by atoms with Crippen molar-refractivity contribution in [2.75, 3.05) is 20.2 Å². The summed E-state index contributed by atoms with van der Waals surface area (Å²) in [6.07, 6.45) is 0.118. The third-order valence-electron chi connectivity index (χ3n) is 4.26. The predicted octanol–water partition coefficient (Wildman–Crippen LogP) is 1.40. The van der Waals surface area contributed by atoms with Crippen molar-refractivity contribution in [1.29, 1.82) is 0 Å². The molecule has 0 bridgehead atoms. The van der Waals surface area contributed by atoms with Gasteiger partial charge in [0.05, 0.1) is 24.5 Å². The fraction of sp³-hybridized carbons (Fsp3) is 0.412. The largest absolute Gasteiger partial charge is 0.496 e. The molecule has 1 saturated heterocycles. The highest BCUT2D eigenvalue weighted by atomic mass is 16.5. The minimum Gasteiger partial charge on any atom is -0.496 e. The normalized spacial score (nSPS) is 20.7. The number of nitrogens with one attached hydrogen (secondary N) is 1. The molecule has 0 radical (unpaired) electrons. The highest BCUT2D eigenvalue weighted by molar-refractivity contribution is 5.97. The molecule has 2 heterocycles. The Kier molecular flexibility index (Phi) is 4.34. The van der Waals surface area contributed by atoms with Crippen molar-refractivity contribution in [1.82, 2.24) is 15.1 Å². The molecule has 0 saturated carbocycles. The Morgan fingerprint density at radius 3 is 2.91 bits per heavy atom. The third kappa shape index (κ3) is 3.22. The van der Waals surface area contributed by atoms with Crippen LogP contribution in [-0.4, -0.2) is 52.4 Å². The molecule has 1 fully saturated rings. The number of hydrogen-bond acceptors (Lipinski definition) is 4. The van der Waals surface area contributed by atoms with Crippen molar-refractivity contribution in [3.63, 3.8) is 0 Å². The van der Waals surface area contributed by atoms with Crippen molar-refractivity contribution < 1.29 is 14.6 Å². The lowest BCUT2D eigenvalue weighted by molar-refractivity contribution is 0.0761. The number of carbonyl (C=O) groups excluding carboxylic acids is 1. The molecule has 23 heavy (non-hydrogen) atoms. The van der Waals surface area contributed by atoms with Crippen LogP contribution in [0.4, 0.5) is 0 Å². The molecule has 0 aliphatic carbocycles. The first-order valence-corrected chi connectivity index (χ1v) is 7.69. The van der Waals surface area contributed by atoms with Crippen molar-refractivity contribution in [3.05, 3.63) is 47.3 Å². The quantitative estimate of drug-likeness (QED) is 0.894. The van der Waals surface area contributed by atoms with Gasteiger partial charge in [0.25, 0.3) is 5.91 Å². The fourth-order valence-electron chi connectivity index (χ4n) is 3.06. The van der Waals surface area contributed by atoms with Gasteiger partial charge in [0, 0.05) is 24.7 Å². The molecule has 1 aliphatic heterocycles. The van der Waals surface area contributed by atoms with Crippen LogP contribution in [0.25, 0.3) is 0 Å². The summed E-state index contributed by atoms with van der Waals surface area (Å²) >= 11 is 0. The van der Waals surface area contributed by atoms with E-state index < -0.39 is 6.10 Å². The van der Waals surface area contributed by atoms with E-state index in [0.29, 0.717) is 30.8 Å².